The molecule has 12 heteroatoms. The summed E-state index contributed by atoms with van der Waals surface area (Å²) in [7, 11) is -4.19. The molecule has 3 aromatic rings. The van der Waals surface area contributed by atoms with Crippen molar-refractivity contribution in [2.45, 2.75) is 32.4 Å². The predicted molar refractivity (Wildman–Crippen MR) is 155 cm³/mol. The largest absolute Gasteiger partial charge is 0.490 e. The minimum absolute atomic E-state index is 0. The van der Waals surface area contributed by atoms with E-state index in [0.717, 1.165) is 41.0 Å². The number of hydrogen-bond acceptors (Lipinski definition) is 6. The van der Waals surface area contributed by atoms with Crippen LogP contribution < -0.4 is 14.8 Å². The van der Waals surface area contributed by atoms with Crippen LogP contribution in [0.2, 0.25) is 0 Å². The lowest BCUT2D eigenvalue weighted by molar-refractivity contribution is -0.134. The van der Waals surface area contributed by atoms with Crippen molar-refractivity contribution < 1.29 is 23.1 Å². The molecule has 1 aliphatic heterocycles. The van der Waals surface area contributed by atoms with Gasteiger partial charge < -0.3 is 20.5 Å². The molecular formula is C27H32ClN5O5S. The number of nitrogens with two attached hydrogens (primary N) is 1. The molecule has 0 aromatic heterocycles. The molecule has 0 bridgehead atoms. The highest BCUT2D eigenvalue weighted by atomic mass is 35.5. The number of carboxylic acids is 1. The van der Waals surface area contributed by atoms with Gasteiger partial charge in [0.2, 0.25) is 10.0 Å². The van der Waals surface area contributed by atoms with Crippen LogP contribution in [-0.4, -0.2) is 61.0 Å². The Kier molecular flexibility index (Phi) is 9.41. The summed E-state index contributed by atoms with van der Waals surface area (Å²) in [5, 5.41) is 26.4. The number of nitrogen functional groups attached to an aromatic ring is 1. The first-order valence-corrected chi connectivity index (χ1v) is 13.8. The van der Waals surface area contributed by atoms with Gasteiger partial charge in [0.1, 0.15) is 17.7 Å². The van der Waals surface area contributed by atoms with Crippen LogP contribution in [-0.2, 0) is 21.4 Å². The number of sulfonamides is 1. The first kappa shape index (κ1) is 29.7. The second-order valence-corrected chi connectivity index (χ2v) is 11.2. The first-order chi connectivity index (χ1) is 18.0. The number of amidine groups is 2. The Hall–Kier alpha value is -3.83. The van der Waals surface area contributed by atoms with Gasteiger partial charge in [-0.3, -0.25) is 19.9 Å². The maximum absolute atomic E-state index is 13.1. The Morgan fingerprint density at radius 3 is 2.28 bits per heavy atom. The Morgan fingerprint density at radius 1 is 1.05 bits per heavy atom. The van der Waals surface area contributed by atoms with Gasteiger partial charge >= 0.3 is 5.97 Å². The summed E-state index contributed by atoms with van der Waals surface area (Å²) in [5.74, 6) is -1.41. The zero-order chi connectivity index (χ0) is 27.4. The van der Waals surface area contributed by atoms with E-state index in [-0.39, 0.29) is 30.9 Å². The minimum Gasteiger partial charge on any atom is -0.490 e. The van der Waals surface area contributed by atoms with E-state index in [9.17, 15) is 18.3 Å². The molecule has 0 spiro atoms. The van der Waals surface area contributed by atoms with Gasteiger partial charge in [0.15, 0.2) is 5.75 Å². The summed E-state index contributed by atoms with van der Waals surface area (Å²) in [6.45, 7) is 3.20. The number of anilines is 1. The quantitative estimate of drug-likeness (QED) is 0.223. The van der Waals surface area contributed by atoms with E-state index in [0.29, 0.717) is 28.4 Å². The Labute approximate surface area is 233 Å². The number of rotatable bonds is 9. The number of piperidine rings is 1. The van der Waals surface area contributed by atoms with Gasteiger partial charge in [-0.15, -0.1) is 12.4 Å². The van der Waals surface area contributed by atoms with E-state index in [4.69, 9.17) is 21.3 Å². The zero-order valence-electron chi connectivity index (χ0n) is 21.5. The lowest BCUT2D eigenvalue weighted by Crippen LogP contribution is -2.40. The number of ether oxygens (including phenoxy) is 1. The average molecular weight is 574 g/mol. The number of nitrogens with zero attached hydrogens (tertiary/aromatic N) is 2. The minimum atomic E-state index is -4.19. The van der Waals surface area contributed by atoms with Crippen LogP contribution in [0, 0.1) is 10.8 Å². The molecular weight excluding hydrogens is 542 g/mol. The monoisotopic (exact) mass is 573 g/mol. The van der Waals surface area contributed by atoms with Gasteiger partial charge in [0.05, 0.1) is 18.1 Å². The Balaban J connectivity index is 0.00000420. The van der Waals surface area contributed by atoms with Crippen LogP contribution >= 0.6 is 12.4 Å². The molecule has 1 aliphatic rings. The molecule has 39 heavy (non-hydrogen) atoms. The van der Waals surface area contributed by atoms with Crippen LogP contribution in [0.1, 0.15) is 30.9 Å². The van der Waals surface area contributed by atoms with Crippen LogP contribution in [0.4, 0.5) is 5.69 Å². The van der Waals surface area contributed by atoms with Gasteiger partial charge in [0.25, 0.3) is 0 Å². The molecule has 0 radical (unpaired) electrons. The third kappa shape index (κ3) is 7.39. The SMILES string of the molecule is CC(=N)N1CCC(Oc2ccc(N(Cc3ccc4ccc(C(=N)N)cc4c3)S(=O)(=O)CC(=O)O)cc2)CC1.Cl. The molecule has 1 fully saturated rings. The first-order valence-electron chi connectivity index (χ1n) is 12.2. The van der Waals surface area contributed by atoms with Gasteiger partial charge in [-0.1, -0.05) is 24.3 Å². The molecule has 0 amide bonds. The van der Waals surface area contributed by atoms with Crippen molar-refractivity contribution in [1.29, 1.82) is 10.8 Å². The van der Waals surface area contributed by atoms with E-state index in [1.54, 1.807) is 49.4 Å². The second kappa shape index (κ2) is 12.4. The topological polar surface area (TPSA) is 161 Å². The summed E-state index contributed by atoms with van der Waals surface area (Å²) in [5.41, 5.74) is 7.14. The number of fused-ring (bicyclic) bond motifs is 1. The fourth-order valence-corrected chi connectivity index (χ4v) is 5.76. The average Bonchev–Trinajstić information content (AvgIpc) is 2.87. The van der Waals surface area contributed by atoms with Crippen LogP contribution in [0.15, 0.2) is 60.7 Å². The smallest absolute Gasteiger partial charge is 0.320 e. The van der Waals surface area contributed by atoms with Gasteiger partial charge in [0, 0.05) is 31.5 Å². The van der Waals surface area contributed by atoms with Gasteiger partial charge in [-0.05, 0) is 59.7 Å². The Bertz CT molecular complexity index is 1470. The van der Waals surface area contributed by atoms with Crippen molar-refractivity contribution in [2.75, 3.05) is 23.1 Å². The molecule has 0 aliphatic carbocycles. The highest BCUT2D eigenvalue weighted by Gasteiger charge is 2.27. The molecule has 0 unspecified atom stereocenters. The number of carbonyl (C=O) groups is 1. The normalized spacial score (nSPS) is 13.9. The second-order valence-electron chi connectivity index (χ2n) is 9.35. The van der Waals surface area contributed by atoms with E-state index in [1.807, 2.05) is 23.1 Å². The maximum Gasteiger partial charge on any atom is 0.320 e. The number of hydrogen-bond donors (Lipinski definition) is 4. The number of carboxylic acid groups (broad SMARTS) is 1. The molecule has 1 saturated heterocycles. The third-order valence-corrected chi connectivity index (χ3v) is 8.15. The predicted octanol–water partition coefficient (Wildman–Crippen LogP) is 3.81. The fraction of sp³-hybridized carbons (Fsp3) is 0.296. The number of benzene rings is 3. The van der Waals surface area contributed by atoms with Gasteiger partial charge in [-0.2, -0.15) is 0 Å². The lowest BCUT2D eigenvalue weighted by atomic mass is 10.0. The third-order valence-electron chi connectivity index (χ3n) is 6.53. The van der Waals surface area contributed by atoms with Crippen molar-refractivity contribution in [2.24, 2.45) is 5.73 Å². The molecule has 0 atom stereocenters. The fourth-order valence-electron chi connectivity index (χ4n) is 4.50. The van der Waals surface area contributed by atoms with Crippen LogP contribution in [0.5, 0.6) is 5.75 Å². The molecule has 208 valence electrons. The van der Waals surface area contributed by atoms with Crippen LogP contribution in [0.25, 0.3) is 10.8 Å². The number of nitrogens with one attached hydrogen (secondary N) is 2. The summed E-state index contributed by atoms with van der Waals surface area (Å²) in [4.78, 5) is 13.3. The van der Waals surface area contributed by atoms with E-state index in [1.165, 1.54) is 0 Å². The Morgan fingerprint density at radius 2 is 1.69 bits per heavy atom. The molecule has 1 heterocycles. The maximum atomic E-state index is 13.1. The summed E-state index contributed by atoms with van der Waals surface area (Å²) >= 11 is 0. The van der Waals surface area contributed by atoms with Crippen molar-refractivity contribution in [3.05, 3.63) is 71.8 Å². The summed E-state index contributed by atoms with van der Waals surface area (Å²) in [6.07, 6.45) is 1.57. The van der Waals surface area contributed by atoms with E-state index < -0.39 is 21.7 Å². The molecule has 5 N–H and O–H groups in total. The zero-order valence-corrected chi connectivity index (χ0v) is 23.1. The molecule has 4 rings (SSSR count). The molecule has 0 saturated carbocycles. The highest BCUT2D eigenvalue weighted by Crippen LogP contribution is 2.27. The van der Waals surface area contributed by atoms with E-state index in [2.05, 4.69) is 0 Å². The van der Waals surface area contributed by atoms with Crippen LogP contribution in [0.3, 0.4) is 0 Å². The standard InChI is InChI=1S/C27H31N5O5S.ClH/c1-18(28)31-12-10-25(11-13-31)37-24-8-6-23(7-9-24)32(38(35,36)17-26(33)34)16-19-2-3-20-4-5-21(27(29)30)15-22(20)14-19;/h2-9,14-15,25,28H,10-13,16-17H2,1H3,(H3,29,30)(H,33,34);1H. The number of halogens is 1. The van der Waals surface area contributed by atoms with E-state index >= 15 is 0 Å². The van der Waals surface area contributed by atoms with Crippen molar-refractivity contribution >= 4 is 56.5 Å². The van der Waals surface area contributed by atoms with Crippen molar-refractivity contribution in [3.8, 4) is 5.75 Å². The molecule has 3 aromatic carbocycles. The summed E-state index contributed by atoms with van der Waals surface area (Å²) in [6, 6.07) is 17.4. The van der Waals surface area contributed by atoms with Gasteiger partial charge in [-0.25, -0.2) is 8.42 Å². The number of likely N-dealkylation sites (tertiary alicyclic amines) is 1. The lowest BCUT2D eigenvalue weighted by Gasteiger charge is -2.33. The highest BCUT2D eigenvalue weighted by molar-refractivity contribution is 7.93. The molecule has 10 nitrogen and oxygen atoms in total. The number of aliphatic carboxylic acids is 1. The van der Waals surface area contributed by atoms with Crippen molar-refractivity contribution in [1.82, 2.24) is 4.90 Å². The van der Waals surface area contributed by atoms with Crippen molar-refractivity contribution in [3.63, 3.8) is 0 Å². The summed E-state index contributed by atoms with van der Waals surface area (Å²) < 4.78 is 33.3.